The quantitative estimate of drug-likeness (QED) is 0.444. The number of aromatic amines is 1. The molecule has 2 amide bonds. The highest BCUT2D eigenvalue weighted by Crippen LogP contribution is 2.26. The fraction of sp³-hybridized carbons (Fsp3) is 0.450. The Morgan fingerprint density at radius 3 is 2.68 bits per heavy atom. The van der Waals surface area contributed by atoms with Crippen LogP contribution < -0.4 is 10.6 Å². The number of H-pyrrole nitrogens is 1. The van der Waals surface area contributed by atoms with Crippen molar-refractivity contribution in [3.63, 3.8) is 0 Å². The van der Waals surface area contributed by atoms with Gasteiger partial charge in [0.05, 0.1) is 36.1 Å². The van der Waals surface area contributed by atoms with E-state index in [-0.39, 0.29) is 18.9 Å². The van der Waals surface area contributed by atoms with E-state index in [0.717, 1.165) is 16.6 Å². The lowest BCUT2D eigenvalue weighted by Gasteiger charge is -2.19. The number of hydrogen-bond acceptors (Lipinski definition) is 7. The van der Waals surface area contributed by atoms with Gasteiger partial charge >= 0.3 is 6.09 Å². The van der Waals surface area contributed by atoms with E-state index in [1.165, 1.54) is 0 Å². The van der Waals surface area contributed by atoms with Crippen LogP contribution in [0.25, 0.3) is 16.6 Å². The number of hydrogen-bond donors (Lipinski definition) is 3. The molecule has 3 aromatic rings. The van der Waals surface area contributed by atoms with Crippen LogP contribution >= 0.6 is 0 Å². The molecular weight excluding hydrogens is 402 g/mol. The van der Waals surface area contributed by atoms with Crippen molar-refractivity contribution < 1.29 is 19.1 Å². The Hall–Kier alpha value is -3.47. The molecule has 31 heavy (non-hydrogen) atoms. The van der Waals surface area contributed by atoms with Crippen molar-refractivity contribution in [2.24, 2.45) is 0 Å². The summed E-state index contributed by atoms with van der Waals surface area (Å²) in [7, 11) is 0. The number of alkyl carbamates (subject to hydrolysis) is 1. The highest BCUT2D eigenvalue weighted by molar-refractivity contribution is 6.01. The highest BCUT2D eigenvalue weighted by Gasteiger charge is 2.15. The van der Waals surface area contributed by atoms with Gasteiger partial charge in [-0.25, -0.2) is 4.79 Å². The van der Waals surface area contributed by atoms with Gasteiger partial charge in [-0.1, -0.05) is 0 Å². The van der Waals surface area contributed by atoms with Gasteiger partial charge in [0.15, 0.2) is 0 Å². The summed E-state index contributed by atoms with van der Waals surface area (Å²) < 4.78 is 12.4. The van der Waals surface area contributed by atoms with Crippen molar-refractivity contribution in [1.82, 2.24) is 30.3 Å². The van der Waals surface area contributed by atoms with Crippen molar-refractivity contribution >= 4 is 28.6 Å². The van der Waals surface area contributed by atoms with Crippen molar-refractivity contribution in [1.29, 1.82) is 0 Å². The second-order valence-electron chi connectivity index (χ2n) is 7.89. The molecule has 0 saturated carbocycles. The van der Waals surface area contributed by atoms with E-state index in [9.17, 15) is 9.59 Å². The third-order valence-electron chi connectivity index (χ3n) is 4.14. The van der Waals surface area contributed by atoms with E-state index in [0.29, 0.717) is 25.3 Å². The average Bonchev–Trinajstić information content (AvgIpc) is 3.37. The Kier molecular flexibility index (Phi) is 7.19. The molecule has 11 heteroatoms. The molecule has 0 aliphatic carbocycles. The smallest absolute Gasteiger partial charge is 0.407 e. The SMILES string of the molecule is CC(C)(C)OC(=O)NCCCOCCC(=O)Nc1cc(-n2cnnc2)cc2[nH]ncc12. The van der Waals surface area contributed by atoms with Crippen LogP contribution in [0.3, 0.4) is 0 Å². The van der Waals surface area contributed by atoms with Gasteiger partial charge in [0.2, 0.25) is 5.91 Å². The lowest BCUT2D eigenvalue weighted by molar-refractivity contribution is -0.117. The zero-order valence-electron chi connectivity index (χ0n) is 17.8. The number of carbonyl (C=O) groups is 2. The standard InChI is InChI=1S/C20H27N7O4/c1-20(2,3)31-19(29)21-6-4-7-30-8-5-18(28)25-16-9-14(27-12-23-24-13-27)10-17-15(16)11-22-26-17/h9-13H,4-8H2,1-3H3,(H,21,29)(H,22,26)(H,25,28). The summed E-state index contributed by atoms with van der Waals surface area (Å²) in [6.45, 7) is 6.57. The predicted octanol–water partition coefficient (Wildman–Crippen LogP) is 2.40. The van der Waals surface area contributed by atoms with Gasteiger partial charge in [-0.15, -0.1) is 10.2 Å². The molecule has 3 N–H and O–H groups in total. The fourth-order valence-corrected chi connectivity index (χ4v) is 2.78. The van der Waals surface area contributed by atoms with E-state index in [2.05, 4.69) is 31.0 Å². The molecule has 0 unspecified atom stereocenters. The number of carbonyl (C=O) groups excluding carboxylic acids is 2. The number of nitrogens with one attached hydrogen (secondary N) is 3. The number of ether oxygens (including phenoxy) is 2. The van der Waals surface area contributed by atoms with Crippen LogP contribution in [0.4, 0.5) is 10.5 Å². The molecule has 0 bridgehead atoms. The van der Waals surface area contributed by atoms with Crippen molar-refractivity contribution in [3.05, 3.63) is 31.0 Å². The molecule has 3 rings (SSSR count). The molecule has 0 aliphatic heterocycles. The number of amides is 2. The number of fused-ring (bicyclic) bond motifs is 1. The molecule has 2 heterocycles. The lowest BCUT2D eigenvalue weighted by Crippen LogP contribution is -2.33. The molecule has 11 nitrogen and oxygen atoms in total. The van der Waals surface area contributed by atoms with E-state index in [1.807, 2.05) is 32.9 Å². The molecule has 1 aromatic carbocycles. The zero-order chi connectivity index (χ0) is 22.3. The van der Waals surface area contributed by atoms with Gasteiger partial charge in [0.1, 0.15) is 18.3 Å². The van der Waals surface area contributed by atoms with E-state index in [4.69, 9.17) is 9.47 Å². The predicted molar refractivity (Wildman–Crippen MR) is 114 cm³/mol. The fourth-order valence-electron chi connectivity index (χ4n) is 2.78. The molecule has 166 valence electrons. The van der Waals surface area contributed by atoms with Gasteiger partial charge in [-0.2, -0.15) is 5.10 Å². The van der Waals surface area contributed by atoms with Crippen LogP contribution in [0.5, 0.6) is 0 Å². The zero-order valence-corrected chi connectivity index (χ0v) is 17.8. The summed E-state index contributed by atoms with van der Waals surface area (Å²) in [5.41, 5.74) is 1.70. The Morgan fingerprint density at radius 2 is 1.94 bits per heavy atom. The van der Waals surface area contributed by atoms with Crippen LogP contribution in [0.1, 0.15) is 33.6 Å². The van der Waals surface area contributed by atoms with Crippen LogP contribution in [-0.2, 0) is 14.3 Å². The topological polar surface area (TPSA) is 136 Å². The van der Waals surface area contributed by atoms with E-state index < -0.39 is 11.7 Å². The summed E-state index contributed by atoms with van der Waals surface area (Å²) in [5, 5.41) is 20.9. The summed E-state index contributed by atoms with van der Waals surface area (Å²) in [6, 6.07) is 3.73. The molecule has 0 spiro atoms. The van der Waals surface area contributed by atoms with E-state index in [1.54, 1.807) is 23.4 Å². The second-order valence-corrected chi connectivity index (χ2v) is 7.89. The van der Waals surface area contributed by atoms with Crippen LogP contribution in [0.2, 0.25) is 0 Å². The molecule has 0 fully saturated rings. The first kappa shape index (κ1) is 22.2. The number of nitrogens with zero attached hydrogens (tertiary/aromatic N) is 4. The Balaban J connectivity index is 1.41. The molecule has 0 atom stereocenters. The highest BCUT2D eigenvalue weighted by atomic mass is 16.6. The first-order valence-corrected chi connectivity index (χ1v) is 9.98. The van der Waals surface area contributed by atoms with Crippen molar-refractivity contribution in [2.75, 3.05) is 25.1 Å². The summed E-state index contributed by atoms with van der Waals surface area (Å²) in [5.74, 6) is -0.171. The number of rotatable bonds is 9. The maximum absolute atomic E-state index is 12.4. The summed E-state index contributed by atoms with van der Waals surface area (Å²) in [4.78, 5) is 23.9. The number of aromatic nitrogens is 5. The van der Waals surface area contributed by atoms with Gasteiger partial charge in [-0.3, -0.25) is 14.5 Å². The van der Waals surface area contributed by atoms with Gasteiger partial charge in [0.25, 0.3) is 0 Å². The minimum Gasteiger partial charge on any atom is -0.444 e. The first-order chi connectivity index (χ1) is 14.8. The maximum Gasteiger partial charge on any atom is 0.407 e. The minimum absolute atomic E-state index is 0.171. The van der Waals surface area contributed by atoms with Gasteiger partial charge in [-0.05, 0) is 39.3 Å². The van der Waals surface area contributed by atoms with Crippen LogP contribution in [0, 0.1) is 0 Å². The molecule has 2 aromatic heterocycles. The number of benzene rings is 1. The molecule has 0 aliphatic rings. The minimum atomic E-state index is -0.523. The van der Waals surface area contributed by atoms with Crippen molar-refractivity contribution in [2.45, 2.75) is 39.2 Å². The largest absolute Gasteiger partial charge is 0.444 e. The Labute approximate surface area is 179 Å². The third-order valence-corrected chi connectivity index (χ3v) is 4.14. The first-order valence-electron chi connectivity index (χ1n) is 9.98. The third kappa shape index (κ3) is 6.78. The van der Waals surface area contributed by atoms with Gasteiger partial charge in [0, 0.05) is 18.5 Å². The lowest BCUT2D eigenvalue weighted by atomic mass is 10.2. The van der Waals surface area contributed by atoms with Crippen molar-refractivity contribution in [3.8, 4) is 5.69 Å². The maximum atomic E-state index is 12.4. The van der Waals surface area contributed by atoms with Crippen LogP contribution in [-0.4, -0.2) is 62.3 Å². The van der Waals surface area contributed by atoms with Gasteiger partial charge < -0.3 is 20.1 Å². The molecular formula is C20H27N7O4. The second kappa shape index (κ2) is 10.0. The molecule has 0 radical (unpaired) electrons. The molecule has 0 saturated heterocycles. The van der Waals surface area contributed by atoms with E-state index >= 15 is 0 Å². The Morgan fingerprint density at radius 1 is 1.16 bits per heavy atom. The number of anilines is 1. The summed E-state index contributed by atoms with van der Waals surface area (Å²) in [6.07, 6.45) is 5.19. The normalized spacial score (nSPS) is 11.5. The summed E-state index contributed by atoms with van der Waals surface area (Å²) >= 11 is 0. The Bertz CT molecular complexity index is 1010. The monoisotopic (exact) mass is 429 g/mol. The average molecular weight is 429 g/mol. The van der Waals surface area contributed by atoms with Crippen LogP contribution in [0.15, 0.2) is 31.0 Å².